The highest BCUT2D eigenvalue weighted by Gasteiger charge is 2.32. The Morgan fingerprint density at radius 3 is 2.41 bits per heavy atom. The van der Waals surface area contributed by atoms with Crippen LogP contribution >= 0.6 is 0 Å². The van der Waals surface area contributed by atoms with Crippen LogP contribution in [0, 0.1) is 0 Å². The number of nitrogens with one attached hydrogen (secondary N) is 1. The Balaban J connectivity index is 1.32. The van der Waals surface area contributed by atoms with Gasteiger partial charge in [-0.2, -0.15) is 32.4 Å². The number of hydrogen-bond acceptors (Lipinski definition) is 8. The van der Waals surface area contributed by atoms with Gasteiger partial charge < -0.3 is 15.0 Å². The molecule has 39 heavy (non-hydrogen) atoms. The average molecular weight is 563 g/mol. The second-order valence-corrected chi connectivity index (χ2v) is 11.3. The van der Waals surface area contributed by atoms with E-state index in [4.69, 9.17) is 4.74 Å². The van der Waals surface area contributed by atoms with Crippen molar-refractivity contribution in [3.8, 4) is 6.01 Å². The zero-order valence-electron chi connectivity index (χ0n) is 21.4. The Morgan fingerprint density at radius 1 is 0.949 bits per heavy atom. The number of alkyl halides is 3. The van der Waals surface area contributed by atoms with Crippen LogP contribution in [-0.2, 0) is 29.0 Å². The van der Waals surface area contributed by atoms with Gasteiger partial charge in [0.2, 0.25) is 21.9 Å². The van der Waals surface area contributed by atoms with Crippen molar-refractivity contribution in [3.05, 3.63) is 59.2 Å². The summed E-state index contributed by atoms with van der Waals surface area (Å²) in [4.78, 5) is 15.0. The highest BCUT2D eigenvalue weighted by Crippen LogP contribution is 2.32. The normalized spacial score (nSPS) is 16.6. The first kappa shape index (κ1) is 27.1. The number of fused-ring (bicyclic) bond motifs is 1. The number of ether oxygens (including phenoxy) is 1. The van der Waals surface area contributed by atoms with Crippen LogP contribution < -0.4 is 15.0 Å². The molecule has 0 spiro atoms. The standard InChI is InChI=1S/C26H29F3N6O3S/c1-2-38-25-32-23(30-21-9-5-8-20(17-21)26(27,28)29)31-24(33-25)34-12-14-35(15-13-34)39(36,37)22-11-10-18-6-3-4-7-19(18)16-22/h5,8-11,16-17H,2-4,6-7,12-15H2,1H3,(H,30,31,32,33). The zero-order chi connectivity index (χ0) is 27.6. The van der Waals surface area contributed by atoms with Crippen LogP contribution in [0.4, 0.5) is 30.8 Å². The molecule has 0 amide bonds. The molecule has 5 rings (SSSR count). The summed E-state index contributed by atoms with van der Waals surface area (Å²) < 4.78 is 73.1. The van der Waals surface area contributed by atoms with Crippen LogP contribution in [0.2, 0.25) is 0 Å². The van der Waals surface area contributed by atoms with Crippen molar-refractivity contribution in [1.29, 1.82) is 0 Å². The molecule has 0 unspecified atom stereocenters. The quantitative estimate of drug-likeness (QED) is 0.452. The minimum atomic E-state index is -4.49. The molecule has 2 aliphatic rings. The number of benzene rings is 2. The number of aromatic nitrogens is 3. The van der Waals surface area contributed by atoms with Crippen LogP contribution in [0.3, 0.4) is 0 Å². The van der Waals surface area contributed by atoms with E-state index in [0.29, 0.717) is 18.0 Å². The van der Waals surface area contributed by atoms with Gasteiger partial charge in [0, 0.05) is 31.9 Å². The Morgan fingerprint density at radius 2 is 1.69 bits per heavy atom. The predicted octanol–water partition coefficient (Wildman–Crippen LogP) is 4.42. The van der Waals surface area contributed by atoms with Gasteiger partial charge in [0.15, 0.2) is 0 Å². The summed E-state index contributed by atoms with van der Waals surface area (Å²) in [5, 5.41) is 2.80. The molecule has 1 N–H and O–H groups in total. The topological polar surface area (TPSA) is 101 Å². The largest absolute Gasteiger partial charge is 0.464 e. The molecule has 0 radical (unpaired) electrons. The van der Waals surface area contributed by atoms with E-state index in [1.807, 2.05) is 12.1 Å². The van der Waals surface area contributed by atoms with Crippen LogP contribution in [0.1, 0.15) is 36.5 Å². The monoisotopic (exact) mass is 562 g/mol. The molecule has 0 atom stereocenters. The van der Waals surface area contributed by atoms with Crippen LogP contribution in [-0.4, -0.2) is 60.5 Å². The van der Waals surface area contributed by atoms with Crippen molar-refractivity contribution in [2.24, 2.45) is 0 Å². The molecule has 3 aromatic rings. The molecule has 9 nitrogen and oxygen atoms in total. The van der Waals surface area contributed by atoms with E-state index in [9.17, 15) is 21.6 Å². The number of nitrogens with zero attached hydrogens (tertiary/aromatic N) is 5. The van der Waals surface area contributed by atoms with Gasteiger partial charge in [-0.25, -0.2) is 8.42 Å². The average Bonchev–Trinajstić information content (AvgIpc) is 2.92. The van der Waals surface area contributed by atoms with Gasteiger partial charge in [0.1, 0.15) is 0 Å². The number of halogens is 3. The second-order valence-electron chi connectivity index (χ2n) is 9.41. The van der Waals surface area contributed by atoms with Gasteiger partial charge in [-0.1, -0.05) is 12.1 Å². The molecule has 208 valence electrons. The summed E-state index contributed by atoms with van der Waals surface area (Å²) in [6, 6.07) is 10.2. The summed E-state index contributed by atoms with van der Waals surface area (Å²) in [6.07, 6.45) is -0.424. The van der Waals surface area contributed by atoms with Crippen molar-refractivity contribution in [1.82, 2.24) is 19.3 Å². The molecule has 2 aromatic carbocycles. The molecule has 13 heteroatoms. The lowest BCUT2D eigenvalue weighted by Gasteiger charge is -2.34. The third-order valence-corrected chi connectivity index (χ3v) is 8.70. The summed E-state index contributed by atoms with van der Waals surface area (Å²) in [7, 11) is -3.66. The van der Waals surface area contributed by atoms with E-state index in [2.05, 4.69) is 20.3 Å². The first-order valence-electron chi connectivity index (χ1n) is 12.8. The molecule has 0 bridgehead atoms. The first-order valence-corrected chi connectivity index (χ1v) is 14.3. The Labute approximate surface area is 225 Å². The minimum Gasteiger partial charge on any atom is -0.464 e. The number of hydrogen-bond donors (Lipinski definition) is 1. The summed E-state index contributed by atoms with van der Waals surface area (Å²) >= 11 is 0. The molecular formula is C26H29F3N6O3S. The number of aryl methyl sites for hydroxylation is 2. The van der Waals surface area contributed by atoms with Gasteiger partial charge in [-0.05, 0) is 74.1 Å². The maximum absolute atomic E-state index is 13.4. The fourth-order valence-electron chi connectivity index (χ4n) is 4.79. The van der Waals surface area contributed by atoms with Crippen molar-refractivity contribution in [3.63, 3.8) is 0 Å². The molecule has 1 aliphatic carbocycles. The van der Waals surface area contributed by atoms with Crippen molar-refractivity contribution in [2.45, 2.75) is 43.7 Å². The maximum Gasteiger partial charge on any atom is 0.416 e. The van der Waals surface area contributed by atoms with Crippen LogP contribution in [0.5, 0.6) is 6.01 Å². The van der Waals surface area contributed by atoms with E-state index in [1.54, 1.807) is 17.9 Å². The lowest BCUT2D eigenvalue weighted by molar-refractivity contribution is -0.137. The molecule has 1 aliphatic heterocycles. The summed E-state index contributed by atoms with van der Waals surface area (Å²) in [6.45, 7) is 3.13. The van der Waals surface area contributed by atoms with Crippen molar-refractivity contribution < 1.29 is 26.3 Å². The lowest BCUT2D eigenvalue weighted by Crippen LogP contribution is -2.49. The van der Waals surface area contributed by atoms with Crippen LogP contribution in [0.15, 0.2) is 47.4 Å². The molecule has 1 fully saturated rings. The van der Waals surface area contributed by atoms with E-state index in [-0.39, 0.29) is 43.3 Å². The number of rotatable bonds is 7. The smallest absolute Gasteiger partial charge is 0.416 e. The SMILES string of the molecule is CCOc1nc(Nc2cccc(C(F)(F)F)c2)nc(N2CCN(S(=O)(=O)c3ccc4c(c3)CCCC4)CC2)n1. The van der Waals surface area contributed by atoms with Gasteiger partial charge in [0.05, 0.1) is 17.1 Å². The first-order chi connectivity index (χ1) is 18.6. The van der Waals surface area contributed by atoms with Gasteiger partial charge in [-0.15, -0.1) is 0 Å². The molecule has 0 saturated carbocycles. The predicted molar refractivity (Wildman–Crippen MR) is 140 cm³/mol. The van der Waals surface area contributed by atoms with Crippen molar-refractivity contribution in [2.75, 3.05) is 43.0 Å². The van der Waals surface area contributed by atoms with Gasteiger partial charge in [0.25, 0.3) is 0 Å². The minimum absolute atomic E-state index is 0.0149. The van der Waals surface area contributed by atoms with E-state index >= 15 is 0 Å². The maximum atomic E-state index is 13.4. The van der Waals surface area contributed by atoms with E-state index in [0.717, 1.165) is 43.4 Å². The molecular weight excluding hydrogens is 533 g/mol. The molecule has 1 aromatic heterocycles. The highest BCUT2D eigenvalue weighted by atomic mass is 32.2. The third kappa shape index (κ3) is 6.09. The number of anilines is 3. The van der Waals surface area contributed by atoms with Gasteiger partial charge in [-0.3, -0.25) is 0 Å². The lowest BCUT2D eigenvalue weighted by atomic mass is 9.92. The Kier molecular flexibility index (Phi) is 7.63. The zero-order valence-corrected chi connectivity index (χ0v) is 22.2. The Hall–Kier alpha value is -3.45. The highest BCUT2D eigenvalue weighted by molar-refractivity contribution is 7.89. The fourth-order valence-corrected chi connectivity index (χ4v) is 6.26. The number of piperazine rings is 1. The van der Waals surface area contributed by atoms with E-state index in [1.165, 1.54) is 22.0 Å². The van der Waals surface area contributed by atoms with Gasteiger partial charge >= 0.3 is 12.2 Å². The van der Waals surface area contributed by atoms with E-state index < -0.39 is 21.8 Å². The number of sulfonamides is 1. The third-order valence-electron chi connectivity index (χ3n) is 6.80. The molecule has 2 heterocycles. The Bertz CT molecular complexity index is 1440. The van der Waals surface area contributed by atoms with Crippen molar-refractivity contribution >= 4 is 27.6 Å². The summed E-state index contributed by atoms with van der Waals surface area (Å²) in [5.74, 6) is 0.264. The van der Waals surface area contributed by atoms with Crippen LogP contribution in [0.25, 0.3) is 0 Å². The second kappa shape index (κ2) is 11.0. The fraction of sp³-hybridized carbons (Fsp3) is 0.423. The molecule has 1 saturated heterocycles. The summed E-state index contributed by atoms with van der Waals surface area (Å²) in [5.41, 5.74) is 1.68.